The first-order chi connectivity index (χ1) is 19.9. The van der Waals surface area contributed by atoms with Crippen LogP contribution in [0.5, 0.6) is 0 Å². The minimum atomic E-state index is -4.52. The zero-order chi connectivity index (χ0) is 30.5. The van der Waals surface area contributed by atoms with Crippen molar-refractivity contribution < 1.29 is 32.2 Å². The highest BCUT2D eigenvalue weighted by Crippen LogP contribution is 2.44. The zero-order valence-corrected chi connectivity index (χ0v) is 24.2. The van der Waals surface area contributed by atoms with Crippen LogP contribution in [0, 0.1) is 0 Å². The van der Waals surface area contributed by atoms with Crippen molar-refractivity contribution in [3.63, 3.8) is 0 Å². The molecule has 3 aromatic rings. The van der Waals surface area contributed by atoms with Crippen molar-refractivity contribution in [1.82, 2.24) is 10.2 Å². The average Bonchev–Trinajstić information content (AvgIpc) is 2.94. The highest BCUT2D eigenvalue weighted by molar-refractivity contribution is 6.31. The number of rotatable bonds is 9. The Morgan fingerprint density at radius 1 is 1.05 bits per heavy atom. The van der Waals surface area contributed by atoms with Crippen LogP contribution in [-0.2, 0) is 33.5 Å². The van der Waals surface area contributed by atoms with Gasteiger partial charge in [-0.05, 0) is 42.3 Å². The standard InChI is InChI=1S/C30H28Cl2F3N3O4/c1-29(32)27(26(42-18-19-8-4-3-5-9-19)22-16-21(31)12-13-24(22)37-29)38(2)25(39)17-36-28(40)41-15-14-20-10-6-7-11-23(20)30(33,34)35/h3-13,16,37H,14-15,17-18H2,1-2H3,(H,36,40). The number of nitrogens with zero attached hydrogens (tertiary/aromatic N) is 1. The van der Waals surface area contributed by atoms with Crippen LogP contribution < -0.4 is 10.6 Å². The number of ether oxygens (including phenoxy) is 2. The van der Waals surface area contributed by atoms with Crippen LogP contribution in [0.4, 0.5) is 23.7 Å². The van der Waals surface area contributed by atoms with E-state index in [0.717, 1.165) is 11.6 Å². The fraction of sp³-hybridized carbons (Fsp3) is 0.267. The highest BCUT2D eigenvalue weighted by Gasteiger charge is 2.40. The van der Waals surface area contributed by atoms with Gasteiger partial charge in [0.2, 0.25) is 5.91 Å². The molecule has 0 saturated carbocycles. The molecular weight excluding hydrogens is 594 g/mol. The minimum absolute atomic E-state index is 0.00448. The first kappa shape index (κ1) is 31.1. The van der Waals surface area contributed by atoms with E-state index in [4.69, 9.17) is 32.7 Å². The molecule has 222 valence electrons. The second-order valence-corrected chi connectivity index (χ2v) is 10.8. The Labute approximate surface area is 251 Å². The maximum atomic E-state index is 13.2. The van der Waals surface area contributed by atoms with Gasteiger partial charge in [0.1, 0.15) is 18.8 Å². The maximum Gasteiger partial charge on any atom is 0.416 e. The van der Waals surface area contributed by atoms with Crippen LogP contribution in [0.3, 0.4) is 0 Å². The van der Waals surface area contributed by atoms with E-state index in [1.54, 1.807) is 25.1 Å². The van der Waals surface area contributed by atoms with E-state index in [1.165, 1.54) is 30.1 Å². The van der Waals surface area contributed by atoms with E-state index >= 15 is 0 Å². The van der Waals surface area contributed by atoms with Crippen LogP contribution in [0.2, 0.25) is 5.02 Å². The summed E-state index contributed by atoms with van der Waals surface area (Å²) in [5.41, 5.74) is 1.63. The van der Waals surface area contributed by atoms with Crippen molar-refractivity contribution in [1.29, 1.82) is 0 Å². The summed E-state index contributed by atoms with van der Waals surface area (Å²) in [6.07, 6.45) is -5.63. The van der Waals surface area contributed by atoms with Crippen molar-refractivity contribution in [3.8, 4) is 0 Å². The molecule has 1 aliphatic rings. The molecule has 7 nitrogen and oxygen atoms in total. The number of fused-ring (bicyclic) bond motifs is 1. The summed E-state index contributed by atoms with van der Waals surface area (Å²) in [5.74, 6) is -0.223. The molecule has 0 bridgehead atoms. The molecule has 0 radical (unpaired) electrons. The topological polar surface area (TPSA) is 79.9 Å². The lowest BCUT2D eigenvalue weighted by atomic mass is 9.99. The molecule has 1 aliphatic heterocycles. The number of anilines is 1. The van der Waals surface area contributed by atoms with E-state index in [-0.39, 0.29) is 25.2 Å². The Morgan fingerprint density at radius 3 is 2.45 bits per heavy atom. The van der Waals surface area contributed by atoms with Crippen LogP contribution in [0.25, 0.3) is 5.76 Å². The lowest BCUT2D eigenvalue weighted by Gasteiger charge is -2.39. The molecule has 2 N–H and O–H groups in total. The van der Waals surface area contributed by atoms with Gasteiger partial charge in [-0.15, -0.1) is 0 Å². The predicted molar refractivity (Wildman–Crippen MR) is 155 cm³/mol. The molecule has 0 fully saturated rings. The number of hydrogen-bond acceptors (Lipinski definition) is 5. The molecule has 1 unspecified atom stereocenters. The molecule has 1 heterocycles. The largest absolute Gasteiger partial charge is 0.486 e. The number of nitrogens with one attached hydrogen (secondary N) is 2. The van der Waals surface area contributed by atoms with Crippen LogP contribution >= 0.6 is 23.2 Å². The fourth-order valence-corrected chi connectivity index (χ4v) is 5.01. The first-order valence-electron chi connectivity index (χ1n) is 12.9. The van der Waals surface area contributed by atoms with Gasteiger partial charge in [0.25, 0.3) is 0 Å². The summed E-state index contributed by atoms with van der Waals surface area (Å²) >= 11 is 13.2. The normalized spacial score (nSPS) is 16.3. The Balaban J connectivity index is 1.46. The van der Waals surface area contributed by atoms with E-state index in [1.807, 2.05) is 30.3 Å². The highest BCUT2D eigenvalue weighted by atomic mass is 35.5. The van der Waals surface area contributed by atoms with Crippen molar-refractivity contribution in [2.75, 3.05) is 25.5 Å². The minimum Gasteiger partial charge on any atom is -0.486 e. The molecule has 42 heavy (non-hydrogen) atoms. The van der Waals surface area contributed by atoms with Gasteiger partial charge in [-0.3, -0.25) is 4.79 Å². The Hall–Kier alpha value is -3.89. The number of alkyl halides is 4. The number of halogens is 5. The van der Waals surface area contributed by atoms with Gasteiger partial charge < -0.3 is 25.0 Å². The van der Waals surface area contributed by atoms with Gasteiger partial charge >= 0.3 is 12.3 Å². The number of hydrogen-bond donors (Lipinski definition) is 2. The smallest absolute Gasteiger partial charge is 0.416 e. The molecule has 2 amide bonds. The van der Waals surface area contributed by atoms with Gasteiger partial charge in [-0.2, -0.15) is 13.2 Å². The molecule has 0 saturated heterocycles. The summed E-state index contributed by atoms with van der Waals surface area (Å²) in [5, 5.41) is 5.97. The third-order valence-electron chi connectivity index (χ3n) is 6.50. The summed E-state index contributed by atoms with van der Waals surface area (Å²) in [6.45, 7) is 1.06. The molecule has 3 aromatic carbocycles. The number of carbonyl (C=O) groups is 2. The molecule has 0 spiro atoms. The number of alkyl carbamates (subject to hydrolysis) is 1. The van der Waals surface area contributed by atoms with E-state index in [9.17, 15) is 22.8 Å². The molecule has 0 aliphatic carbocycles. The van der Waals surface area contributed by atoms with Gasteiger partial charge in [0.05, 0.1) is 12.2 Å². The second-order valence-electron chi connectivity index (χ2n) is 9.62. The molecule has 1 atom stereocenters. The monoisotopic (exact) mass is 621 g/mol. The average molecular weight is 622 g/mol. The van der Waals surface area contributed by atoms with E-state index in [2.05, 4.69) is 10.6 Å². The fourth-order valence-electron chi connectivity index (χ4n) is 4.52. The number of likely N-dealkylation sites (N-methyl/N-ethyl adjacent to an activating group) is 1. The molecule has 0 aromatic heterocycles. The summed E-state index contributed by atoms with van der Waals surface area (Å²) in [4.78, 5) is 25.4. The second kappa shape index (κ2) is 13.0. The Kier molecular flexibility index (Phi) is 9.58. The first-order valence-corrected chi connectivity index (χ1v) is 13.6. The quantitative estimate of drug-likeness (QED) is 0.198. The third kappa shape index (κ3) is 7.49. The van der Waals surface area contributed by atoms with Gasteiger partial charge in [0, 0.05) is 29.7 Å². The Morgan fingerprint density at radius 2 is 1.74 bits per heavy atom. The molecular formula is C30H28Cl2F3N3O4. The van der Waals surface area contributed by atoms with Crippen LogP contribution in [-0.4, -0.2) is 42.1 Å². The lowest BCUT2D eigenvalue weighted by molar-refractivity contribution is -0.138. The van der Waals surface area contributed by atoms with Crippen LogP contribution in [0.15, 0.2) is 78.5 Å². The summed E-state index contributed by atoms with van der Waals surface area (Å²) in [6, 6.07) is 19.6. The number of amides is 2. The number of carbonyl (C=O) groups excluding carboxylic acids is 2. The maximum absolute atomic E-state index is 13.2. The lowest BCUT2D eigenvalue weighted by Crippen LogP contribution is -2.47. The van der Waals surface area contributed by atoms with Gasteiger partial charge in [-0.25, -0.2) is 4.79 Å². The van der Waals surface area contributed by atoms with Crippen molar-refractivity contribution in [3.05, 3.63) is 106 Å². The van der Waals surface area contributed by atoms with E-state index in [0.29, 0.717) is 27.7 Å². The SMILES string of the molecule is CN(C(=O)CNC(=O)OCCc1ccccc1C(F)(F)F)C1=C(OCc2ccccc2)c2cc(Cl)ccc2NC1(C)Cl. The van der Waals surface area contributed by atoms with Gasteiger partial charge in [0.15, 0.2) is 10.8 Å². The van der Waals surface area contributed by atoms with Gasteiger partial charge in [-0.1, -0.05) is 71.7 Å². The van der Waals surface area contributed by atoms with Crippen molar-refractivity contribution in [2.45, 2.75) is 31.1 Å². The summed E-state index contributed by atoms with van der Waals surface area (Å²) in [7, 11) is 1.49. The molecule has 12 heteroatoms. The van der Waals surface area contributed by atoms with Crippen LogP contribution in [0.1, 0.15) is 29.2 Å². The van der Waals surface area contributed by atoms with E-state index < -0.39 is 35.3 Å². The number of benzene rings is 3. The zero-order valence-electron chi connectivity index (χ0n) is 22.7. The Bertz CT molecular complexity index is 1480. The third-order valence-corrected chi connectivity index (χ3v) is 7.01. The summed E-state index contributed by atoms with van der Waals surface area (Å²) < 4.78 is 50.8. The van der Waals surface area contributed by atoms with Crippen molar-refractivity contribution >= 4 is 46.6 Å². The molecule has 4 rings (SSSR count). The predicted octanol–water partition coefficient (Wildman–Crippen LogP) is 7.05. The van der Waals surface area contributed by atoms with Crippen molar-refractivity contribution in [2.24, 2.45) is 0 Å².